The molecule has 3 aromatic rings. The van der Waals surface area contributed by atoms with Crippen molar-refractivity contribution in [2.45, 2.75) is 6.61 Å². The maximum absolute atomic E-state index is 14.5. The van der Waals surface area contributed by atoms with Gasteiger partial charge in [-0.15, -0.1) is 0 Å². The average molecular weight is 406 g/mol. The molecule has 1 aliphatic heterocycles. The van der Waals surface area contributed by atoms with Crippen LogP contribution in [0.4, 0.5) is 15.8 Å². The van der Waals surface area contributed by atoms with E-state index in [0.717, 1.165) is 5.56 Å². The minimum atomic E-state index is -0.362. The lowest BCUT2D eigenvalue weighted by molar-refractivity contribution is 0.102. The van der Waals surface area contributed by atoms with Crippen molar-refractivity contribution in [2.75, 3.05) is 36.5 Å². The van der Waals surface area contributed by atoms with Gasteiger partial charge >= 0.3 is 0 Å². The number of benzene rings is 3. The molecule has 5 nitrogen and oxygen atoms in total. The van der Waals surface area contributed by atoms with Gasteiger partial charge in [0.15, 0.2) is 0 Å². The highest BCUT2D eigenvalue weighted by molar-refractivity contribution is 6.04. The Morgan fingerprint density at radius 1 is 1.00 bits per heavy atom. The Labute approximate surface area is 175 Å². The zero-order chi connectivity index (χ0) is 20.8. The Morgan fingerprint density at radius 3 is 2.43 bits per heavy atom. The summed E-state index contributed by atoms with van der Waals surface area (Å²) in [6.07, 6.45) is 0. The van der Waals surface area contributed by atoms with Gasteiger partial charge in [-0.1, -0.05) is 30.3 Å². The van der Waals surface area contributed by atoms with E-state index in [-0.39, 0.29) is 11.7 Å². The van der Waals surface area contributed by atoms with Crippen molar-refractivity contribution in [3.05, 3.63) is 89.7 Å². The smallest absolute Gasteiger partial charge is 0.255 e. The van der Waals surface area contributed by atoms with Crippen LogP contribution in [-0.2, 0) is 11.3 Å². The van der Waals surface area contributed by atoms with Gasteiger partial charge in [-0.25, -0.2) is 4.39 Å². The number of halogens is 1. The molecule has 0 aliphatic carbocycles. The zero-order valence-corrected chi connectivity index (χ0v) is 16.5. The summed E-state index contributed by atoms with van der Waals surface area (Å²) in [5.74, 6) is 0.0128. The van der Waals surface area contributed by atoms with E-state index in [9.17, 15) is 9.18 Å². The van der Waals surface area contributed by atoms with Crippen molar-refractivity contribution in [1.82, 2.24) is 0 Å². The van der Waals surface area contributed by atoms with Crippen LogP contribution < -0.4 is 15.0 Å². The van der Waals surface area contributed by atoms with Crippen molar-refractivity contribution in [2.24, 2.45) is 0 Å². The van der Waals surface area contributed by atoms with Crippen molar-refractivity contribution in [3.63, 3.8) is 0 Å². The minimum absolute atomic E-state index is 0.303. The fourth-order valence-corrected chi connectivity index (χ4v) is 3.29. The number of hydrogen-bond acceptors (Lipinski definition) is 4. The molecule has 6 heteroatoms. The third-order valence-electron chi connectivity index (χ3n) is 4.92. The maximum atomic E-state index is 14.5. The monoisotopic (exact) mass is 406 g/mol. The van der Waals surface area contributed by atoms with E-state index in [4.69, 9.17) is 9.47 Å². The van der Waals surface area contributed by atoms with E-state index < -0.39 is 0 Å². The van der Waals surface area contributed by atoms with E-state index in [2.05, 4.69) is 5.32 Å². The van der Waals surface area contributed by atoms with Gasteiger partial charge in [0.1, 0.15) is 18.2 Å². The first-order valence-electron chi connectivity index (χ1n) is 9.89. The van der Waals surface area contributed by atoms with Gasteiger partial charge in [-0.3, -0.25) is 4.79 Å². The van der Waals surface area contributed by atoms with Gasteiger partial charge in [-0.05, 0) is 48.0 Å². The second-order valence-corrected chi connectivity index (χ2v) is 7.02. The Morgan fingerprint density at radius 2 is 1.73 bits per heavy atom. The molecule has 1 saturated heterocycles. The van der Waals surface area contributed by atoms with Crippen LogP contribution in [0.25, 0.3) is 0 Å². The summed E-state index contributed by atoms with van der Waals surface area (Å²) in [6, 6.07) is 21.5. The van der Waals surface area contributed by atoms with Crippen LogP contribution in [0, 0.1) is 5.82 Å². The van der Waals surface area contributed by atoms with Gasteiger partial charge in [0.25, 0.3) is 5.91 Å². The van der Waals surface area contributed by atoms with Crippen molar-refractivity contribution in [1.29, 1.82) is 0 Å². The highest BCUT2D eigenvalue weighted by atomic mass is 19.1. The van der Waals surface area contributed by atoms with E-state index >= 15 is 0 Å². The average Bonchev–Trinajstić information content (AvgIpc) is 2.79. The zero-order valence-electron chi connectivity index (χ0n) is 16.5. The Bertz CT molecular complexity index is 987. The quantitative estimate of drug-likeness (QED) is 0.655. The molecule has 154 valence electrons. The van der Waals surface area contributed by atoms with Crippen LogP contribution in [0.3, 0.4) is 0 Å². The molecule has 0 spiro atoms. The van der Waals surface area contributed by atoms with Gasteiger partial charge in [-0.2, -0.15) is 0 Å². The number of ether oxygens (including phenoxy) is 2. The number of nitrogens with one attached hydrogen (secondary N) is 1. The molecular weight excluding hydrogens is 383 g/mol. The molecule has 1 heterocycles. The highest BCUT2D eigenvalue weighted by Crippen LogP contribution is 2.24. The largest absolute Gasteiger partial charge is 0.489 e. The molecule has 4 rings (SSSR count). The number of amides is 1. The Kier molecular flexibility index (Phi) is 6.25. The van der Waals surface area contributed by atoms with Crippen LogP contribution in [0.2, 0.25) is 0 Å². The summed E-state index contributed by atoms with van der Waals surface area (Å²) in [7, 11) is 0. The number of morpholine rings is 1. The summed E-state index contributed by atoms with van der Waals surface area (Å²) in [5.41, 5.74) is 2.48. The summed E-state index contributed by atoms with van der Waals surface area (Å²) in [4.78, 5) is 14.4. The van der Waals surface area contributed by atoms with Crippen LogP contribution in [-0.4, -0.2) is 32.2 Å². The number of rotatable bonds is 6. The number of hydrogen-bond donors (Lipinski definition) is 1. The third kappa shape index (κ3) is 4.96. The first kappa shape index (κ1) is 19.9. The molecule has 1 N–H and O–H groups in total. The molecule has 0 atom stereocenters. The SMILES string of the molecule is O=C(Nc1ccc(N2CCOCC2)c(F)c1)c1ccc(OCc2ccccc2)cc1. The van der Waals surface area contributed by atoms with Gasteiger partial charge in [0.2, 0.25) is 0 Å². The topological polar surface area (TPSA) is 50.8 Å². The maximum Gasteiger partial charge on any atom is 0.255 e. The third-order valence-corrected chi connectivity index (χ3v) is 4.92. The highest BCUT2D eigenvalue weighted by Gasteiger charge is 2.16. The lowest BCUT2D eigenvalue weighted by Crippen LogP contribution is -2.36. The van der Waals surface area contributed by atoms with Crippen LogP contribution in [0.5, 0.6) is 5.75 Å². The van der Waals surface area contributed by atoms with Gasteiger partial charge < -0.3 is 19.7 Å². The standard InChI is InChI=1S/C24H23FN2O3/c25-22-16-20(8-11-23(22)27-12-14-29-15-13-27)26-24(28)19-6-9-21(10-7-19)30-17-18-4-2-1-3-5-18/h1-11,16H,12-15,17H2,(H,26,28). The minimum Gasteiger partial charge on any atom is -0.489 e. The first-order valence-corrected chi connectivity index (χ1v) is 9.89. The number of carbonyl (C=O) groups excluding carboxylic acids is 1. The number of nitrogens with zero attached hydrogens (tertiary/aromatic N) is 1. The number of anilines is 2. The fourth-order valence-electron chi connectivity index (χ4n) is 3.29. The Hall–Kier alpha value is -3.38. The molecule has 0 bridgehead atoms. The van der Waals surface area contributed by atoms with Crippen molar-refractivity contribution in [3.8, 4) is 5.75 Å². The first-order chi connectivity index (χ1) is 14.7. The summed E-state index contributed by atoms with van der Waals surface area (Å²) >= 11 is 0. The molecule has 0 aromatic heterocycles. The summed E-state index contributed by atoms with van der Waals surface area (Å²) in [5, 5.41) is 2.74. The van der Waals surface area contributed by atoms with Crippen LogP contribution in [0.15, 0.2) is 72.8 Å². The molecule has 30 heavy (non-hydrogen) atoms. The van der Waals surface area contributed by atoms with Crippen LogP contribution in [0.1, 0.15) is 15.9 Å². The van der Waals surface area contributed by atoms with Gasteiger partial charge in [0.05, 0.1) is 18.9 Å². The van der Waals surface area contributed by atoms with Crippen molar-refractivity contribution < 1.29 is 18.7 Å². The predicted molar refractivity (Wildman–Crippen MR) is 115 cm³/mol. The lowest BCUT2D eigenvalue weighted by Gasteiger charge is -2.29. The normalized spacial score (nSPS) is 13.7. The van der Waals surface area contributed by atoms with E-state index in [1.165, 1.54) is 6.07 Å². The molecule has 3 aromatic carbocycles. The van der Waals surface area contributed by atoms with Crippen molar-refractivity contribution >= 4 is 17.3 Å². The van der Waals surface area contributed by atoms with Crippen LogP contribution >= 0.6 is 0 Å². The summed E-state index contributed by atoms with van der Waals surface area (Å²) < 4.78 is 25.6. The molecule has 1 amide bonds. The lowest BCUT2D eigenvalue weighted by atomic mass is 10.2. The molecular formula is C24H23FN2O3. The summed E-state index contributed by atoms with van der Waals surface area (Å²) in [6.45, 7) is 2.94. The molecule has 0 unspecified atom stereocenters. The fraction of sp³-hybridized carbons (Fsp3) is 0.208. The second kappa shape index (κ2) is 9.41. The molecule has 1 aliphatic rings. The number of carbonyl (C=O) groups is 1. The molecule has 1 fully saturated rings. The van der Waals surface area contributed by atoms with E-state index in [1.807, 2.05) is 35.2 Å². The van der Waals surface area contributed by atoms with E-state index in [1.54, 1.807) is 36.4 Å². The molecule has 0 saturated carbocycles. The second-order valence-electron chi connectivity index (χ2n) is 7.02. The Balaban J connectivity index is 1.35. The molecule has 0 radical (unpaired) electrons. The van der Waals surface area contributed by atoms with Gasteiger partial charge in [0, 0.05) is 24.3 Å². The van der Waals surface area contributed by atoms with E-state index in [0.29, 0.717) is 55.6 Å². The predicted octanol–water partition coefficient (Wildman–Crippen LogP) is 4.49.